The van der Waals surface area contributed by atoms with Crippen molar-refractivity contribution in [3.05, 3.63) is 5.51 Å². The van der Waals surface area contributed by atoms with Crippen LogP contribution in [0.4, 0.5) is 5.13 Å². The van der Waals surface area contributed by atoms with Gasteiger partial charge in [-0.3, -0.25) is 0 Å². The van der Waals surface area contributed by atoms with E-state index in [1.54, 1.807) is 5.51 Å². The SMILES string of the molecule is OCC(O)CNc1nncs1. The molecule has 1 aromatic rings. The number of anilines is 1. The number of aliphatic hydroxyl groups excluding tert-OH is 2. The lowest BCUT2D eigenvalue weighted by Gasteiger charge is -2.05. The van der Waals surface area contributed by atoms with Crippen molar-refractivity contribution in [2.75, 3.05) is 18.5 Å². The average molecular weight is 175 g/mol. The zero-order chi connectivity index (χ0) is 8.10. The Morgan fingerprint density at radius 1 is 1.73 bits per heavy atom. The van der Waals surface area contributed by atoms with Crippen LogP contribution in [0.2, 0.25) is 0 Å². The molecule has 0 fully saturated rings. The Kier molecular flexibility index (Phi) is 3.21. The molecule has 1 rings (SSSR count). The molecular weight excluding hydrogens is 166 g/mol. The smallest absolute Gasteiger partial charge is 0.205 e. The van der Waals surface area contributed by atoms with Crippen LogP contribution < -0.4 is 5.32 Å². The Morgan fingerprint density at radius 3 is 3.09 bits per heavy atom. The monoisotopic (exact) mass is 175 g/mol. The molecule has 0 aromatic carbocycles. The predicted octanol–water partition coefficient (Wildman–Crippen LogP) is -0.697. The van der Waals surface area contributed by atoms with E-state index in [0.717, 1.165) is 0 Å². The molecule has 6 heteroatoms. The van der Waals surface area contributed by atoms with Crippen LogP contribution in [0.3, 0.4) is 0 Å². The highest BCUT2D eigenvalue weighted by Crippen LogP contribution is 2.06. The van der Waals surface area contributed by atoms with Gasteiger partial charge in [-0.2, -0.15) is 0 Å². The second kappa shape index (κ2) is 4.22. The fraction of sp³-hybridized carbons (Fsp3) is 0.600. The molecule has 0 spiro atoms. The molecule has 1 heterocycles. The van der Waals surface area contributed by atoms with Gasteiger partial charge in [0.2, 0.25) is 5.13 Å². The molecule has 62 valence electrons. The summed E-state index contributed by atoms with van der Waals surface area (Å²) in [6.07, 6.45) is -0.737. The van der Waals surface area contributed by atoms with Gasteiger partial charge in [0, 0.05) is 6.54 Å². The molecular formula is C5H9N3O2S. The molecule has 0 aliphatic heterocycles. The zero-order valence-electron chi connectivity index (χ0n) is 5.77. The second-order valence-electron chi connectivity index (χ2n) is 1.96. The fourth-order valence-corrected chi connectivity index (χ4v) is 0.975. The van der Waals surface area contributed by atoms with Crippen molar-refractivity contribution in [1.82, 2.24) is 10.2 Å². The molecule has 0 radical (unpaired) electrons. The van der Waals surface area contributed by atoms with Crippen molar-refractivity contribution in [3.63, 3.8) is 0 Å². The lowest BCUT2D eigenvalue weighted by atomic mass is 10.4. The topological polar surface area (TPSA) is 78.3 Å². The second-order valence-corrected chi connectivity index (χ2v) is 2.79. The van der Waals surface area contributed by atoms with E-state index in [-0.39, 0.29) is 6.61 Å². The molecule has 1 atom stereocenters. The third kappa shape index (κ3) is 2.79. The molecule has 0 amide bonds. The highest BCUT2D eigenvalue weighted by Gasteiger charge is 2.01. The van der Waals surface area contributed by atoms with Crippen molar-refractivity contribution >= 4 is 16.5 Å². The maximum absolute atomic E-state index is 8.90. The van der Waals surface area contributed by atoms with Crippen LogP contribution >= 0.6 is 11.3 Å². The molecule has 0 aliphatic rings. The van der Waals surface area contributed by atoms with E-state index in [0.29, 0.717) is 11.7 Å². The molecule has 0 bridgehead atoms. The quantitative estimate of drug-likeness (QED) is 0.564. The average Bonchev–Trinajstić information content (AvgIpc) is 2.52. The first-order chi connectivity index (χ1) is 5.33. The van der Waals surface area contributed by atoms with E-state index in [9.17, 15) is 0 Å². The summed E-state index contributed by atoms with van der Waals surface area (Å²) in [4.78, 5) is 0. The minimum atomic E-state index is -0.737. The number of aliphatic hydroxyl groups is 2. The van der Waals surface area contributed by atoms with E-state index in [4.69, 9.17) is 10.2 Å². The lowest BCUT2D eigenvalue weighted by Crippen LogP contribution is -2.22. The van der Waals surface area contributed by atoms with Crippen LogP contribution in [0.1, 0.15) is 0 Å². The van der Waals surface area contributed by atoms with E-state index < -0.39 is 6.10 Å². The first kappa shape index (κ1) is 8.38. The Hall–Kier alpha value is -0.720. The Balaban J connectivity index is 2.23. The Bertz CT molecular complexity index is 192. The number of aromatic nitrogens is 2. The van der Waals surface area contributed by atoms with Gasteiger partial charge < -0.3 is 15.5 Å². The molecule has 3 N–H and O–H groups in total. The van der Waals surface area contributed by atoms with Gasteiger partial charge in [0.05, 0.1) is 12.7 Å². The number of rotatable bonds is 4. The van der Waals surface area contributed by atoms with Crippen LogP contribution in [0.15, 0.2) is 5.51 Å². The lowest BCUT2D eigenvalue weighted by molar-refractivity contribution is 0.105. The normalized spacial score (nSPS) is 12.9. The first-order valence-electron chi connectivity index (χ1n) is 3.12. The molecule has 0 saturated carbocycles. The minimum Gasteiger partial charge on any atom is -0.394 e. The minimum absolute atomic E-state index is 0.244. The van der Waals surface area contributed by atoms with Gasteiger partial charge in [0.15, 0.2) is 0 Å². The Labute approximate surface area is 67.7 Å². The van der Waals surface area contributed by atoms with E-state index in [1.165, 1.54) is 11.3 Å². The van der Waals surface area contributed by atoms with Crippen molar-refractivity contribution in [3.8, 4) is 0 Å². The number of nitrogens with zero attached hydrogens (tertiary/aromatic N) is 2. The highest BCUT2D eigenvalue weighted by atomic mass is 32.1. The van der Waals surface area contributed by atoms with E-state index in [1.807, 2.05) is 0 Å². The van der Waals surface area contributed by atoms with Gasteiger partial charge in [0.1, 0.15) is 5.51 Å². The number of nitrogens with one attached hydrogen (secondary N) is 1. The third-order valence-corrected chi connectivity index (χ3v) is 1.71. The standard InChI is InChI=1S/C5H9N3O2S/c9-2-4(10)1-6-5-8-7-3-11-5/h3-4,9-10H,1-2H2,(H,6,8). The highest BCUT2D eigenvalue weighted by molar-refractivity contribution is 7.13. The summed E-state index contributed by atoms with van der Waals surface area (Å²) >= 11 is 1.35. The number of hydrogen-bond donors (Lipinski definition) is 3. The van der Waals surface area contributed by atoms with Gasteiger partial charge in [-0.15, -0.1) is 10.2 Å². The Morgan fingerprint density at radius 2 is 2.55 bits per heavy atom. The first-order valence-corrected chi connectivity index (χ1v) is 4.00. The summed E-state index contributed by atoms with van der Waals surface area (Å²) in [6.45, 7) is 0.0531. The van der Waals surface area contributed by atoms with Crippen molar-refractivity contribution in [1.29, 1.82) is 0 Å². The third-order valence-electron chi connectivity index (χ3n) is 1.06. The molecule has 0 saturated heterocycles. The predicted molar refractivity (Wildman–Crippen MR) is 41.5 cm³/mol. The maximum Gasteiger partial charge on any atom is 0.205 e. The number of hydrogen-bond acceptors (Lipinski definition) is 6. The van der Waals surface area contributed by atoms with Crippen LogP contribution in [0.25, 0.3) is 0 Å². The zero-order valence-corrected chi connectivity index (χ0v) is 6.58. The largest absolute Gasteiger partial charge is 0.394 e. The molecule has 1 unspecified atom stereocenters. The van der Waals surface area contributed by atoms with Crippen LogP contribution in [-0.4, -0.2) is 39.7 Å². The summed E-state index contributed by atoms with van der Waals surface area (Å²) in [6, 6.07) is 0. The summed E-state index contributed by atoms with van der Waals surface area (Å²) in [5, 5.41) is 28.1. The van der Waals surface area contributed by atoms with Crippen LogP contribution in [-0.2, 0) is 0 Å². The van der Waals surface area contributed by atoms with Gasteiger partial charge >= 0.3 is 0 Å². The van der Waals surface area contributed by atoms with Crippen LogP contribution in [0.5, 0.6) is 0 Å². The fourth-order valence-electron chi connectivity index (χ4n) is 0.520. The van der Waals surface area contributed by atoms with Gasteiger partial charge in [-0.25, -0.2) is 0 Å². The van der Waals surface area contributed by atoms with Crippen LogP contribution in [0, 0.1) is 0 Å². The summed E-state index contributed by atoms with van der Waals surface area (Å²) in [7, 11) is 0. The molecule has 5 nitrogen and oxygen atoms in total. The van der Waals surface area contributed by atoms with Gasteiger partial charge in [0.25, 0.3) is 0 Å². The van der Waals surface area contributed by atoms with Gasteiger partial charge in [-0.05, 0) is 0 Å². The van der Waals surface area contributed by atoms with Gasteiger partial charge in [-0.1, -0.05) is 11.3 Å². The summed E-state index contributed by atoms with van der Waals surface area (Å²) in [5.41, 5.74) is 1.59. The van der Waals surface area contributed by atoms with Crippen molar-refractivity contribution in [2.24, 2.45) is 0 Å². The maximum atomic E-state index is 8.90. The molecule has 1 aromatic heterocycles. The summed E-state index contributed by atoms with van der Waals surface area (Å²) < 4.78 is 0. The van der Waals surface area contributed by atoms with E-state index in [2.05, 4.69) is 15.5 Å². The molecule has 0 aliphatic carbocycles. The van der Waals surface area contributed by atoms with Crippen molar-refractivity contribution in [2.45, 2.75) is 6.10 Å². The van der Waals surface area contributed by atoms with Crippen molar-refractivity contribution < 1.29 is 10.2 Å². The molecule has 11 heavy (non-hydrogen) atoms. The summed E-state index contributed by atoms with van der Waals surface area (Å²) in [5.74, 6) is 0. The van der Waals surface area contributed by atoms with E-state index >= 15 is 0 Å².